The van der Waals surface area contributed by atoms with Crippen LogP contribution in [0.3, 0.4) is 0 Å². The molecule has 0 bridgehead atoms. The molecule has 0 aromatic heterocycles. The number of ketones is 1. The zero-order chi connectivity index (χ0) is 14.6. The maximum atomic E-state index is 12.4. The van der Waals surface area contributed by atoms with E-state index in [1.165, 1.54) is 23.4 Å². The number of thioether (sulfide) groups is 1. The van der Waals surface area contributed by atoms with Crippen molar-refractivity contribution in [2.75, 3.05) is 19.1 Å². The van der Waals surface area contributed by atoms with Gasteiger partial charge < -0.3 is 0 Å². The number of sulfonamides is 1. The van der Waals surface area contributed by atoms with Crippen LogP contribution in [-0.4, -0.2) is 43.6 Å². The fraction of sp³-hybridized carbons (Fsp3) is 0.462. The van der Waals surface area contributed by atoms with E-state index in [9.17, 15) is 13.2 Å². The van der Waals surface area contributed by atoms with Crippen LogP contribution in [0.15, 0.2) is 29.2 Å². The number of Topliss-reactive ketones (excluding diaryl/α,β-unsaturated/α-hetero) is 1. The summed E-state index contributed by atoms with van der Waals surface area (Å²) in [6.07, 6.45) is 1.94. The highest BCUT2D eigenvalue weighted by atomic mass is 32.2. The van der Waals surface area contributed by atoms with Crippen LogP contribution in [0.25, 0.3) is 0 Å². The molecule has 0 N–H and O–H groups in total. The first-order chi connectivity index (χ1) is 8.80. The summed E-state index contributed by atoms with van der Waals surface area (Å²) in [5.74, 6) is 0.661. The van der Waals surface area contributed by atoms with Gasteiger partial charge in [0.2, 0.25) is 10.0 Å². The monoisotopic (exact) mass is 301 g/mol. The van der Waals surface area contributed by atoms with Crippen molar-refractivity contribution in [2.24, 2.45) is 0 Å². The van der Waals surface area contributed by atoms with Gasteiger partial charge in [-0.3, -0.25) is 4.79 Å². The van der Waals surface area contributed by atoms with E-state index in [-0.39, 0.29) is 16.7 Å². The molecule has 1 atom stereocenters. The maximum Gasteiger partial charge on any atom is 0.243 e. The summed E-state index contributed by atoms with van der Waals surface area (Å²) in [5, 5.41) is 0. The van der Waals surface area contributed by atoms with E-state index in [0.717, 1.165) is 5.75 Å². The van der Waals surface area contributed by atoms with Crippen LogP contribution in [0.5, 0.6) is 0 Å². The first kappa shape index (κ1) is 16.2. The van der Waals surface area contributed by atoms with Crippen LogP contribution in [0.1, 0.15) is 24.2 Å². The van der Waals surface area contributed by atoms with E-state index in [2.05, 4.69) is 0 Å². The molecule has 0 aliphatic heterocycles. The summed E-state index contributed by atoms with van der Waals surface area (Å²) in [4.78, 5) is 11.4. The fourth-order valence-electron chi connectivity index (χ4n) is 1.61. The number of carbonyl (C=O) groups is 1. The molecular weight excluding hydrogens is 282 g/mol. The number of nitrogens with zero attached hydrogens (tertiary/aromatic N) is 1. The first-order valence-corrected chi connectivity index (χ1v) is 8.72. The highest BCUT2D eigenvalue weighted by molar-refractivity contribution is 7.98. The lowest BCUT2D eigenvalue weighted by atomic mass is 10.2. The SMILES string of the molecule is CSCC(C)N(C)S(=O)(=O)c1ccc(C(C)=O)cc1. The van der Waals surface area contributed by atoms with Crippen molar-refractivity contribution in [2.45, 2.75) is 24.8 Å². The van der Waals surface area contributed by atoms with Gasteiger partial charge in [0, 0.05) is 24.4 Å². The smallest absolute Gasteiger partial charge is 0.243 e. The molecule has 106 valence electrons. The van der Waals surface area contributed by atoms with Crippen LogP contribution in [0.2, 0.25) is 0 Å². The third-order valence-electron chi connectivity index (χ3n) is 2.97. The van der Waals surface area contributed by atoms with Gasteiger partial charge in [0.05, 0.1) is 4.90 Å². The summed E-state index contributed by atoms with van der Waals surface area (Å²) >= 11 is 1.60. The van der Waals surface area contributed by atoms with Gasteiger partial charge in [-0.05, 0) is 32.2 Å². The molecule has 1 rings (SSSR count). The zero-order valence-corrected chi connectivity index (χ0v) is 13.2. The molecule has 0 saturated carbocycles. The lowest BCUT2D eigenvalue weighted by Crippen LogP contribution is -2.36. The quantitative estimate of drug-likeness (QED) is 0.756. The van der Waals surface area contributed by atoms with Crippen LogP contribution in [0, 0.1) is 0 Å². The summed E-state index contributed by atoms with van der Waals surface area (Å²) in [5.41, 5.74) is 0.513. The first-order valence-electron chi connectivity index (χ1n) is 5.88. The lowest BCUT2D eigenvalue weighted by molar-refractivity contribution is 0.101. The van der Waals surface area contributed by atoms with Crippen LogP contribution in [-0.2, 0) is 10.0 Å². The molecule has 0 saturated heterocycles. The summed E-state index contributed by atoms with van der Waals surface area (Å²) in [6.45, 7) is 3.33. The van der Waals surface area contributed by atoms with Gasteiger partial charge in [-0.15, -0.1) is 0 Å². The maximum absolute atomic E-state index is 12.4. The van der Waals surface area contributed by atoms with Gasteiger partial charge >= 0.3 is 0 Å². The second-order valence-corrected chi connectivity index (χ2v) is 7.31. The van der Waals surface area contributed by atoms with E-state index in [1.807, 2.05) is 13.2 Å². The number of benzene rings is 1. The normalized spacial score (nSPS) is 13.5. The third kappa shape index (κ3) is 3.81. The van der Waals surface area contributed by atoms with Gasteiger partial charge in [0.15, 0.2) is 5.78 Å². The molecule has 0 amide bonds. The summed E-state index contributed by atoms with van der Waals surface area (Å²) < 4.78 is 26.1. The number of rotatable bonds is 6. The molecular formula is C13H19NO3S2. The van der Waals surface area contributed by atoms with Crippen molar-refractivity contribution < 1.29 is 13.2 Å². The molecule has 1 aromatic carbocycles. The van der Waals surface area contributed by atoms with Crippen LogP contribution < -0.4 is 0 Å². The Labute approximate surface area is 119 Å². The number of hydrogen-bond acceptors (Lipinski definition) is 4. The Morgan fingerprint density at radius 3 is 2.26 bits per heavy atom. The van der Waals surface area contributed by atoms with Crippen molar-refractivity contribution in [1.82, 2.24) is 4.31 Å². The Balaban J connectivity index is 3.03. The topological polar surface area (TPSA) is 54.5 Å². The zero-order valence-electron chi connectivity index (χ0n) is 11.6. The number of hydrogen-bond donors (Lipinski definition) is 0. The Bertz CT molecular complexity index is 538. The Kier molecular flexibility index (Phi) is 5.58. The molecule has 0 spiro atoms. The predicted molar refractivity (Wildman–Crippen MR) is 79.2 cm³/mol. The minimum atomic E-state index is -3.49. The Morgan fingerprint density at radius 2 is 1.84 bits per heavy atom. The second kappa shape index (κ2) is 6.54. The van der Waals surface area contributed by atoms with Gasteiger partial charge in [-0.2, -0.15) is 16.1 Å². The van der Waals surface area contributed by atoms with Crippen molar-refractivity contribution >= 4 is 27.6 Å². The van der Waals surface area contributed by atoms with E-state index < -0.39 is 10.0 Å². The molecule has 0 aliphatic rings. The molecule has 1 unspecified atom stereocenters. The van der Waals surface area contributed by atoms with Crippen molar-refractivity contribution in [1.29, 1.82) is 0 Å². The average molecular weight is 301 g/mol. The Morgan fingerprint density at radius 1 is 1.32 bits per heavy atom. The number of carbonyl (C=O) groups excluding carboxylic acids is 1. The van der Waals surface area contributed by atoms with E-state index in [4.69, 9.17) is 0 Å². The minimum absolute atomic E-state index is 0.0759. The molecule has 1 aromatic rings. The average Bonchev–Trinajstić information content (AvgIpc) is 2.38. The molecule has 0 aliphatic carbocycles. The fourth-order valence-corrected chi connectivity index (χ4v) is 3.77. The van der Waals surface area contributed by atoms with Gasteiger partial charge in [0.1, 0.15) is 0 Å². The van der Waals surface area contributed by atoms with Crippen LogP contribution >= 0.6 is 11.8 Å². The third-order valence-corrected chi connectivity index (χ3v) is 5.77. The summed E-state index contributed by atoms with van der Waals surface area (Å²) in [7, 11) is -1.92. The van der Waals surface area contributed by atoms with Crippen molar-refractivity contribution in [3.63, 3.8) is 0 Å². The molecule has 6 heteroatoms. The predicted octanol–water partition coefficient (Wildman–Crippen LogP) is 2.26. The summed E-state index contributed by atoms with van der Waals surface area (Å²) in [6, 6.07) is 5.97. The minimum Gasteiger partial charge on any atom is -0.295 e. The van der Waals surface area contributed by atoms with E-state index in [0.29, 0.717) is 5.56 Å². The molecule has 0 radical (unpaired) electrons. The lowest BCUT2D eigenvalue weighted by Gasteiger charge is -2.23. The molecule has 4 nitrogen and oxygen atoms in total. The van der Waals surface area contributed by atoms with Crippen molar-refractivity contribution in [3.05, 3.63) is 29.8 Å². The Hall–Kier alpha value is -0.850. The largest absolute Gasteiger partial charge is 0.295 e. The van der Waals surface area contributed by atoms with Gasteiger partial charge in [0.25, 0.3) is 0 Å². The standard InChI is InChI=1S/C13H19NO3S2/c1-10(9-18-4)14(3)19(16,17)13-7-5-12(6-8-13)11(2)15/h5-8,10H,9H2,1-4H3. The van der Waals surface area contributed by atoms with Gasteiger partial charge in [-0.25, -0.2) is 8.42 Å². The van der Waals surface area contributed by atoms with E-state index in [1.54, 1.807) is 30.9 Å². The highest BCUT2D eigenvalue weighted by Crippen LogP contribution is 2.18. The molecule has 19 heavy (non-hydrogen) atoms. The highest BCUT2D eigenvalue weighted by Gasteiger charge is 2.24. The van der Waals surface area contributed by atoms with Crippen molar-refractivity contribution in [3.8, 4) is 0 Å². The van der Waals surface area contributed by atoms with E-state index >= 15 is 0 Å². The molecule has 0 fully saturated rings. The second-order valence-electron chi connectivity index (χ2n) is 4.41. The van der Waals surface area contributed by atoms with Gasteiger partial charge in [-0.1, -0.05) is 12.1 Å². The molecule has 0 heterocycles. The van der Waals surface area contributed by atoms with Crippen LogP contribution in [0.4, 0.5) is 0 Å².